The molecule has 100 valence electrons. The van der Waals surface area contributed by atoms with Crippen molar-refractivity contribution in [3.63, 3.8) is 0 Å². The van der Waals surface area contributed by atoms with Crippen LogP contribution >= 0.6 is 0 Å². The van der Waals surface area contributed by atoms with E-state index in [4.69, 9.17) is 0 Å². The normalized spacial score (nSPS) is 10.7. The zero-order valence-electron chi connectivity index (χ0n) is 11.1. The summed E-state index contributed by atoms with van der Waals surface area (Å²) in [6.45, 7) is 2.39. The molecule has 0 saturated heterocycles. The molecule has 0 unspecified atom stereocenters. The number of hydrogen-bond acceptors (Lipinski definition) is 3. The lowest BCUT2D eigenvalue weighted by molar-refractivity contribution is 0.0946. The van der Waals surface area contributed by atoms with Crippen molar-refractivity contribution in [1.82, 2.24) is 19.9 Å². The number of amides is 1. The number of aromatic nitrogens is 3. The molecule has 5 heteroatoms. The van der Waals surface area contributed by atoms with E-state index < -0.39 is 0 Å². The van der Waals surface area contributed by atoms with E-state index in [1.165, 1.54) is 0 Å². The predicted molar refractivity (Wildman–Crippen MR) is 75.3 cm³/mol. The first kappa shape index (κ1) is 12.3. The zero-order valence-corrected chi connectivity index (χ0v) is 11.1. The van der Waals surface area contributed by atoms with Gasteiger partial charge in [-0.2, -0.15) is 5.10 Å². The van der Waals surface area contributed by atoms with E-state index in [1.807, 2.05) is 37.3 Å². The average Bonchev–Trinajstić information content (AvgIpc) is 2.95. The molecule has 0 radical (unpaired) electrons. The van der Waals surface area contributed by atoms with Gasteiger partial charge in [-0.3, -0.25) is 4.79 Å². The Morgan fingerprint density at radius 2 is 2.05 bits per heavy atom. The summed E-state index contributed by atoms with van der Waals surface area (Å²) >= 11 is 0. The number of aryl methyl sites for hydroxylation is 1. The Morgan fingerprint density at radius 1 is 1.25 bits per heavy atom. The Morgan fingerprint density at radius 3 is 2.85 bits per heavy atom. The topological polar surface area (TPSA) is 59.3 Å². The van der Waals surface area contributed by atoms with Crippen LogP contribution < -0.4 is 5.32 Å². The number of nitrogens with one attached hydrogen (secondary N) is 1. The smallest absolute Gasteiger partial charge is 0.270 e. The molecule has 0 atom stereocenters. The van der Waals surface area contributed by atoms with Crippen molar-refractivity contribution in [3.8, 4) is 0 Å². The molecule has 0 spiro atoms. The maximum atomic E-state index is 12.1. The van der Waals surface area contributed by atoms with E-state index in [1.54, 1.807) is 22.8 Å². The minimum absolute atomic E-state index is 0.180. The van der Waals surface area contributed by atoms with Crippen molar-refractivity contribution in [2.45, 2.75) is 13.5 Å². The van der Waals surface area contributed by atoms with Gasteiger partial charge in [0.05, 0.1) is 6.20 Å². The zero-order chi connectivity index (χ0) is 13.9. The third kappa shape index (κ3) is 2.38. The minimum Gasteiger partial charge on any atom is -0.347 e. The van der Waals surface area contributed by atoms with E-state index in [2.05, 4.69) is 15.4 Å². The Labute approximate surface area is 116 Å². The second-order valence-corrected chi connectivity index (χ2v) is 4.55. The number of fused-ring (bicyclic) bond motifs is 1. The van der Waals surface area contributed by atoms with Crippen molar-refractivity contribution in [3.05, 3.63) is 65.6 Å². The van der Waals surface area contributed by atoms with E-state index in [0.717, 1.165) is 11.3 Å². The van der Waals surface area contributed by atoms with E-state index in [9.17, 15) is 4.79 Å². The SMILES string of the molecule is Cc1cc(C(=O)NCc2ccccc2)nc2ccnn12. The van der Waals surface area contributed by atoms with Gasteiger partial charge in [-0.25, -0.2) is 9.50 Å². The average molecular weight is 266 g/mol. The monoisotopic (exact) mass is 266 g/mol. The summed E-state index contributed by atoms with van der Waals surface area (Å²) in [5, 5.41) is 7.00. The first-order chi connectivity index (χ1) is 9.74. The van der Waals surface area contributed by atoms with Gasteiger partial charge in [-0.1, -0.05) is 30.3 Å². The highest BCUT2D eigenvalue weighted by Gasteiger charge is 2.10. The fourth-order valence-corrected chi connectivity index (χ4v) is 2.05. The van der Waals surface area contributed by atoms with Crippen molar-refractivity contribution in [2.24, 2.45) is 0 Å². The number of nitrogens with zero attached hydrogens (tertiary/aromatic N) is 3. The summed E-state index contributed by atoms with van der Waals surface area (Å²) in [5.41, 5.74) is 3.02. The molecule has 0 aliphatic rings. The lowest BCUT2D eigenvalue weighted by Gasteiger charge is -2.06. The summed E-state index contributed by atoms with van der Waals surface area (Å²) in [6, 6.07) is 13.3. The summed E-state index contributed by atoms with van der Waals surface area (Å²) in [4.78, 5) is 16.4. The quantitative estimate of drug-likeness (QED) is 0.788. The van der Waals surface area contributed by atoms with E-state index in [-0.39, 0.29) is 5.91 Å². The largest absolute Gasteiger partial charge is 0.347 e. The van der Waals surface area contributed by atoms with Crippen LogP contribution in [0.1, 0.15) is 21.7 Å². The Balaban J connectivity index is 1.78. The van der Waals surface area contributed by atoms with Gasteiger partial charge in [0, 0.05) is 18.3 Å². The number of carbonyl (C=O) groups is 1. The number of benzene rings is 1. The van der Waals surface area contributed by atoms with Crippen LogP contribution in [0.15, 0.2) is 48.7 Å². The first-order valence-electron chi connectivity index (χ1n) is 6.37. The molecule has 0 saturated carbocycles. The molecule has 1 N–H and O–H groups in total. The number of rotatable bonds is 3. The molecule has 0 fully saturated rings. The summed E-state index contributed by atoms with van der Waals surface area (Å²) in [7, 11) is 0. The van der Waals surface area contributed by atoms with Crippen LogP contribution in [0.25, 0.3) is 5.65 Å². The van der Waals surface area contributed by atoms with Crippen molar-refractivity contribution < 1.29 is 4.79 Å². The molecule has 0 bridgehead atoms. The Hall–Kier alpha value is -2.69. The highest BCUT2D eigenvalue weighted by atomic mass is 16.1. The van der Waals surface area contributed by atoms with Crippen LogP contribution in [0.4, 0.5) is 0 Å². The standard InChI is InChI=1S/C15H14N4O/c1-11-9-13(18-14-7-8-17-19(11)14)15(20)16-10-12-5-3-2-4-6-12/h2-9H,10H2,1H3,(H,16,20). The molecule has 0 aliphatic carbocycles. The van der Waals surface area contributed by atoms with Gasteiger partial charge in [0.25, 0.3) is 5.91 Å². The summed E-state index contributed by atoms with van der Waals surface area (Å²) in [6.07, 6.45) is 1.67. The van der Waals surface area contributed by atoms with Crippen LogP contribution in [0.3, 0.4) is 0 Å². The molecular formula is C15H14N4O. The highest BCUT2D eigenvalue weighted by Crippen LogP contribution is 2.06. The molecule has 1 amide bonds. The molecular weight excluding hydrogens is 252 g/mol. The van der Waals surface area contributed by atoms with Crippen LogP contribution in [0, 0.1) is 6.92 Å². The molecule has 0 aliphatic heterocycles. The third-order valence-corrected chi connectivity index (χ3v) is 3.07. The predicted octanol–water partition coefficient (Wildman–Crippen LogP) is 1.97. The van der Waals surface area contributed by atoms with Gasteiger partial charge in [0.1, 0.15) is 5.69 Å². The fraction of sp³-hybridized carbons (Fsp3) is 0.133. The fourth-order valence-electron chi connectivity index (χ4n) is 2.05. The van der Waals surface area contributed by atoms with Crippen LogP contribution in [0.2, 0.25) is 0 Å². The van der Waals surface area contributed by atoms with Gasteiger partial charge >= 0.3 is 0 Å². The Bertz CT molecular complexity index is 749. The molecule has 5 nitrogen and oxygen atoms in total. The Kier molecular flexibility index (Phi) is 3.16. The molecule has 20 heavy (non-hydrogen) atoms. The number of carbonyl (C=O) groups excluding carboxylic acids is 1. The van der Waals surface area contributed by atoms with Crippen LogP contribution in [0.5, 0.6) is 0 Å². The van der Waals surface area contributed by atoms with Crippen molar-refractivity contribution in [1.29, 1.82) is 0 Å². The van der Waals surface area contributed by atoms with Crippen molar-refractivity contribution >= 4 is 11.6 Å². The van der Waals surface area contributed by atoms with E-state index in [0.29, 0.717) is 17.9 Å². The summed E-state index contributed by atoms with van der Waals surface area (Å²) in [5.74, 6) is -0.180. The molecule has 1 aromatic carbocycles. The van der Waals surface area contributed by atoms with Gasteiger partial charge in [0.15, 0.2) is 5.65 Å². The summed E-state index contributed by atoms with van der Waals surface area (Å²) < 4.78 is 1.70. The van der Waals surface area contributed by atoms with E-state index >= 15 is 0 Å². The second kappa shape index (κ2) is 5.13. The van der Waals surface area contributed by atoms with Crippen LogP contribution in [-0.4, -0.2) is 20.5 Å². The third-order valence-electron chi connectivity index (χ3n) is 3.07. The van der Waals surface area contributed by atoms with Crippen LogP contribution in [-0.2, 0) is 6.54 Å². The molecule has 2 heterocycles. The number of hydrogen-bond donors (Lipinski definition) is 1. The molecule has 3 rings (SSSR count). The highest BCUT2D eigenvalue weighted by molar-refractivity contribution is 5.92. The van der Waals surface area contributed by atoms with Crippen molar-refractivity contribution in [2.75, 3.05) is 0 Å². The maximum absolute atomic E-state index is 12.1. The lowest BCUT2D eigenvalue weighted by atomic mass is 10.2. The van der Waals surface area contributed by atoms with Gasteiger partial charge < -0.3 is 5.32 Å². The van der Waals surface area contributed by atoms with Gasteiger partial charge in [-0.05, 0) is 18.6 Å². The lowest BCUT2D eigenvalue weighted by Crippen LogP contribution is -2.24. The molecule has 2 aromatic heterocycles. The minimum atomic E-state index is -0.180. The first-order valence-corrected chi connectivity index (χ1v) is 6.37. The van der Waals surface area contributed by atoms with Gasteiger partial charge in [-0.15, -0.1) is 0 Å². The second-order valence-electron chi connectivity index (χ2n) is 4.55. The maximum Gasteiger partial charge on any atom is 0.270 e. The molecule has 3 aromatic rings. The van der Waals surface area contributed by atoms with Gasteiger partial charge in [0.2, 0.25) is 0 Å².